The van der Waals surface area contributed by atoms with E-state index in [4.69, 9.17) is 0 Å². The molecule has 4 aliphatic rings. The molecule has 4 nitrogen and oxygen atoms in total. The van der Waals surface area contributed by atoms with Gasteiger partial charge in [0.25, 0.3) is 5.54 Å². The minimum Gasteiger partial charge on any atom is -0.349 e. The number of nitrogens with one attached hydrogen (secondary N) is 2. The first-order chi connectivity index (χ1) is 18.0. The second-order valence-corrected chi connectivity index (χ2v) is 12.5. The molecule has 3 fully saturated rings. The minimum atomic E-state index is -5.81. The maximum absolute atomic E-state index is 14.4. The molecule has 1 aromatic rings. The molecule has 2 N–H and O–H groups in total. The summed E-state index contributed by atoms with van der Waals surface area (Å²) >= 11 is 0. The van der Waals surface area contributed by atoms with Crippen LogP contribution < -0.4 is 10.6 Å². The van der Waals surface area contributed by atoms with Crippen molar-refractivity contribution >= 4 is 11.8 Å². The second kappa shape index (κ2) is 8.99. The van der Waals surface area contributed by atoms with Gasteiger partial charge in [-0.3, -0.25) is 9.59 Å². The Labute approximate surface area is 224 Å². The monoisotopic (exact) mass is 556 g/mol. The quantitative estimate of drug-likeness (QED) is 0.427. The highest BCUT2D eigenvalue weighted by atomic mass is 19.4. The average molecular weight is 557 g/mol. The van der Waals surface area contributed by atoms with Crippen molar-refractivity contribution < 1.29 is 35.9 Å². The van der Waals surface area contributed by atoms with Gasteiger partial charge in [0.15, 0.2) is 0 Å². The summed E-state index contributed by atoms with van der Waals surface area (Å²) in [6.07, 6.45) is -4.53. The van der Waals surface area contributed by atoms with Gasteiger partial charge in [-0.05, 0) is 80.3 Å². The van der Waals surface area contributed by atoms with Gasteiger partial charge in [0.05, 0.1) is 0 Å². The van der Waals surface area contributed by atoms with Crippen LogP contribution in [0.3, 0.4) is 0 Å². The van der Waals surface area contributed by atoms with E-state index in [9.17, 15) is 35.9 Å². The van der Waals surface area contributed by atoms with Gasteiger partial charge in [-0.2, -0.15) is 26.3 Å². The van der Waals surface area contributed by atoms with E-state index in [0.717, 1.165) is 25.0 Å². The Morgan fingerprint density at radius 1 is 0.923 bits per heavy atom. The maximum atomic E-state index is 14.4. The maximum Gasteiger partial charge on any atom is 0.424 e. The van der Waals surface area contributed by atoms with E-state index in [1.54, 1.807) is 13.0 Å². The third kappa shape index (κ3) is 4.10. The summed E-state index contributed by atoms with van der Waals surface area (Å²) in [7, 11) is 0. The predicted octanol–water partition coefficient (Wildman–Crippen LogP) is 6.34. The van der Waals surface area contributed by atoms with E-state index in [0.29, 0.717) is 24.8 Å². The highest BCUT2D eigenvalue weighted by Crippen LogP contribution is 2.65. The number of hydrogen-bond acceptors (Lipinski definition) is 2. The molecule has 5 rings (SSSR count). The van der Waals surface area contributed by atoms with Crippen LogP contribution in [0.15, 0.2) is 36.4 Å². The van der Waals surface area contributed by atoms with Crippen LogP contribution in [0.5, 0.6) is 0 Å². The van der Waals surface area contributed by atoms with Gasteiger partial charge in [0.1, 0.15) is 0 Å². The van der Waals surface area contributed by atoms with Crippen LogP contribution >= 0.6 is 0 Å². The highest BCUT2D eigenvalue weighted by Gasteiger charge is 2.73. The Hall–Kier alpha value is -2.52. The Bertz CT molecular complexity index is 1160. The Morgan fingerprint density at radius 3 is 2.18 bits per heavy atom. The van der Waals surface area contributed by atoms with E-state index >= 15 is 0 Å². The van der Waals surface area contributed by atoms with Crippen LogP contribution in [-0.4, -0.2) is 30.2 Å². The zero-order valence-electron chi connectivity index (χ0n) is 22.2. The molecule has 0 spiro atoms. The van der Waals surface area contributed by atoms with Gasteiger partial charge in [-0.25, -0.2) is 0 Å². The number of halogens is 6. The van der Waals surface area contributed by atoms with Crippen molar-refractivity contribution in [2.45, 2.75) is 83.2 Å². The van der Waals surface area contributed by atoms with Crippen molar-refractivity contribution in [2.75, 3.05) is 0 Å². The lowest BCUT2D eigenvalue weighted by atomic mass is 9.48. The zero-order valence-corrected chi connectivity index (χ0v) is 22.2. The van der Waals surface area contributed by atoms with E-state index in [1.807, 2.05) is 13.0 Å². The highest BCUT2D eigenvalue weighted by molar-refractivity contribution is 5.89. The molecule has 2 amide bonds. The molecule has 1 aliphatic heterocycles. The van der Waals surface area contributed by atoms with Gasteiger partial charge in [-0.15, -0.1) is 0 Å². The molecule has 0 radical (unpaired) electrons. The lowest BCUT2D eigenvalue weighted by Crippen LogP contribution is -2.66. The fourth-order valence-electron chi connectivity index (χ4n) is 8.54. The summed E-state index contributed by atoms with van der Waals surface area (Å²) in [5.41, 5.74) is -6.05. The molecule has 0 bridgehead atoms. The van der Waals surface area contributed by atoms with Gasteiger partial charge in [0, 0.05) is 17.4 Å². The lowest BCUT2D eigenvalue weighted by molar-refractivity contribution is -0.312. The van der Waals surface area contributed by atoms with Gasteiger partial charge < -0.3 is 10.6 Å². The molecule has 39 heavy (non-hydrogen) atoms. The Balaban J connectivity index is 1.46. The Morgan fingerprint density at radius 2 is 1.56 bits per heavy atom. The lowest BCUT2D eigenvalue weighted by Gasteiger charge is -2.58. The molecule has 1 heterocycles. The number of hydrogen-bond donors (Lipinski definition) is 2. The first kappa shape index (κ1) is 28.0. The molecule has 0 saturated heterocycles. The van der Waals surface area contributed by atoms with Gasteiger partial charge in [-0.1, -0.05) is 49.8 Å². The van der Waals surface area contributed by atoms with Crippen LogP contribution in [0, 0.1) is 41.4 Å². The number of rotatable bonds is 3. The molecule has 3 aliphatic carbocycles. The summed E-state index contributed by atoms with van der Waals surface area (Å²) in [4.78, 5) is 25.5. The van der Waals surface area contributed by atoms with Crippen molar-refractivity contribution in [3.8, 4) is 0 Å². The van der Waals surface area contributed by atoms with Gasteiger partial charge >= 0.3 is 12.4 Å². The second-order valence-electron chi connectivity index (χ2n) is 12.5. The van der Waals surface area contributed by atoms with E-state index in [-0.39, 0.29) is 41.5 Å². The molecule has 3 saturated carbocycles. The Kier molecular flexibility index (Phi) is 6.46. The molecular weight excluding hydrogens is 522 g/mol. The minimum absolute atomic E-state index is 0.00125. The third-order valence-electron chi connectivity index (χ3n) is 10.6. The molecule has 1 aromatic carbocycles. The standard InChI is InChI=1S/C29H34F6N2O2/c1-16-4-6-17(7-5-16)27(28(30,31)32,29(33,34)35)37-24(39)21-10-9-19-18-8-11-22-26(3,15-13-23(38)36-22)20(18)12-14-25(19,21)2/h4-7,13,15,18-22H,8-12,14H2,1-3H3,(H,36,38)(H,37,39)/t18-,19-,20+,21?,22?,25-,26+/m0/s1. The first-order valence-corrected chi connectivity index (χ1v) is 13.6. The van der Waals surface area contributed by atoms with Gasteiger partial charge in [0.2, 0.25) is 11.8 Å². The normalized spacial score (nSPS) is 36.4. The number of carbonyl (C=O) groups excluding carboxylic acids is 2. The van der Waals surface area contributed by atoms with Crippen LogP contribution in [0.2, 0.25) is 0 Å². The van der Waals surface area contributed by atoms with Crippen molar-refractivity contribution in [2.24, 2.45) is 34.5 Å². The summed E-state index contributed by atoms with van der Waals surface area (Å²) in [6, 6.07) is 3.93. The van der Waals surface area contributed by atoms with Crippen molar-refractivity contribution in [3.05, 3.63) is 47.5 Å². The number of aryl methyl sites for hydroxylation is 1. The van der Waals surface area contributed by atoms with Crippen molar-refractivity contribution in [1.82, 2.24) is 10.6 Å². The predicted molar refractivity (Wildman–Crippen MR) is 132 cm³/mol. The third-order valence-corrected chi connectivity index (χ3v) is 10.6. The molecule has 214 valence electrons. The van der Waals surface area contributed by atoms with Crippen molar-refractivity contribution in [3.63, 3.8) is 0 Å². The number of benzene rings is 1. The average Bonchev–Trinajstić information content (AvgIpc) is 3.19. The summed E-state index contributed by atoms with van der Waals surface area (Å²) in [6.45, 7) is 5.55. The number of carbonyl (C=O) groups is 2. The molecule has 10 heteroatoms. The fraction of sp³-hybridized carbons (Fsp3) is 0.655. The van der Waals surface area contributed by atoms with Crippen LogP contribution in [0.1, 0.15) is 63.5 Å². The van der Waals surface area contributed by atoms with Crippen molar-refractivity contribution in [1.29, 1.82) is 0 Å². The smallest absolute Gasteiger partial charge is 0.349 e. The largest absolute Gasteiger partial charge is 0.424 e. The van der Waals surface area contributed by atoms with E-state index < -0.39 is 40.7 Å². The SMILES string of the molecule is Cc1ccc(C(NC(=O)C2CC[C@H]3[C@@H]4CCC5NC(=O)C=C[C@]5(C)[C@@H]4CC[C@]23C)(C(F)(F)F)C(F)(F)F)cc1. The van der Waals surface area contributed by atoms with Crippen LogP contribution in [0.4, 0.5) is 26.3 Å². The number of amides is 2. The summed E-state index contributed by atoms with van der Waals surface area (Å²) < 4.78 is 86.5. The zero-order chi connectivity index (χ0) is 28.6. The molecule has 7 atom stereocenters. The number of fused-ring (bicyclic) bond motifs is 5. The van der Waals surface area contributed by atoms with Crippen LogP contribution in [0.25, 0.3) is 0 Å². The fourth-order valence-corrected chi connectivity index (χ4v) is 8.54. The van der Waals surface area contributed by atoms with E-state index in [1.165, 1.54) is 17.4 Å². The topological polar surface area (TPSA) is 58.2 Å². The van der Waals surface area contributed by atoms with E-state index in [2.05, 4.69) is 12.2 Å². The molecular formula is C29H34F6N2O2. The summed E-state index contributed by atoms with van der Waals surface area (Å²) in [5, 5.41) is 4.59. The van der Waals surface area contributed by atoms with Crippen LogP contribution in [-0.2, 0) is 15.1 Å². The molecule has 2 unspecified atom stereocenters. The first-order valence-electron chi connectivity index (χ1n) is 13.6. The number of alkyl halides is 6. The molecule has 0 aromatic heterocycles. The summed E-state index contributed by atoms with van der Waals surface area (Å²) in [5.74, 6) is -1.90.